The van der Waals surface area contributed by atoms with Gasteiger partial charge in [-0.3, -0.25) is 10.1 Å². The fraction of sp³-hybridized carbons (Fsp3) is 0.533. The molecule has 2 amide bonds. The molecule has 0 aromatic heterocycles. The van der Waals surface area contributed by atoms with Crippen molar-refractivity contribution < 1.29 is 9.72 Å². The summed E-state index contributed by atoms with van der Waals surface area (Å²) in [7, 11) is 7.83. The molecule has 0 spiro atoms. The lowest BCUT2D eigenvalue weighted by atomic mass is 10.3. The highest BCUT2D eigenvalue weighted by molar-refractivity contribution is 5.89. The maximum absolute atomic E-state index is 12.4. The summed E-state index contributed by atoms with van der Waals surface area (Å²) < 4.78 is 0. The van der Waals surface area contributed by atoms with Gasteiger partial charge in [-0.2, -0.15) is 0 Å². The molecule has 0 bridgehead atoms. The zero-order chi connectivity index (χ0) is 17.4. The van der Waals surface area contributed by atoms with Crippen LogP contribution in [0.15, 0.2) is 24.3 Å². The summed E-state index contributed by atoms with van der Waals surface area (Å²) in [6.07, 6.45) is 0. The molecular formula is C15H25N5O3. The van der Waals surface area contributed by atoms with E-state index in [9.17, 15) is 14.9 Å². The third-order valence-corrected chi connectivity index (χ3v) is 3.25. The van der Waals surface area contributed by atoms with Crippen molar-refractivity contribution >= 4 is 17.4 Å². The molecule has 23 heavy (non-hydrogen) atoms. The van der Waals surface area contributed by atoms with Crippen LogP contribution in [0.3, 0.4) is 0 Å². The van der Waals surface area contributed by atoms with Gasteiger partial charge in [-0.1, -0.05) is 0 Å². The highest BCUT2D eigenvalue weighted by atomic mass is 16.6. The molecule has 0 heterocycles. The molecule has 128 valence electrons. The van der Waals surface area contributed by atoms with Gasteiger partial charge in [-0.05, 0) is 40.3 Å². The van der Waals surface area contributed by atoms with E-state index in [-0.39, 0.29) is 11.7 Å². The van der Waals surface area contributed by atoms with Crippen LogP contribution in [0.25, 0.3) is 0 Å². The van der Waals surface area contributed by atoms with Crippen molar-refractivity contribution in [1.82, 2.24) is 14.7 Å². The second-order valence-corrected chi connectivity index (χ2v) is 5.83. The minimum absolute atomic E-state index is 0.0000654. The molecule has 1 aromatic carbocycles. The van der Waals surface area contributed by atoms with Gasteiger partial charge in [0.25, 0.3) is 5.69 Å². The van der Waals surface area contributed by atoms with Crippen LogP contribution >= 0.6 is 0 Å². The van der Waals surface area contributed by atoms with Gasteiger partial charge in [-0.15, -0.1) is 0 Å². The first-order valence-electron chi connectivity index (χ1n) is 7.39. The summed E-state index contributed by atoms with van der Waals surface area (Å²) in [5.41, 5.74) is 0.542. The second kappa shape index (κ2) is 9.06. The van der Waals surface area contributed by atoms with Gasteiger partial charge in [-0.25, -0.2) is 4.79 Å². The fourth-order valence-corrected chi connectivity index (χ4v) is 1.83. The van der Waals surface area contributed by atoms with Gasteiger partial charge in [0.2, 0.25) is 0 Å². The lowest BCUT2D eigenvalue weighted by Gasteiger charge is -2.26. The van der Waals surface area contributed by atoms with Gasteiger partial charge in [0.05, 0.1) is 4.92 Å². The Balaban J connectivity index is 2.68. The van der Waals surface area contributed by atoms with Crippen LogP contribution in [-0.2, 0) is 0 Å². The zero-order valence-corrected chi connectivity index (χ0v) is 14.2. The molecule has 1 rings (SSSR count). The van der Waals surface area contributed by atoms with Crippen molar-refractivity contribution in [2.24, 2.45) is 0 Å². The Kier molecular flexibility index (Phi) is 7.43. The smallest absolute Gasteiger partial charge is 0.321 e. The number of non-ortho nitro benzene ring substituents is 1. The number of anilines is 1. The monoisotopic (exact) mass is 323 g/mol. The van der Waals surface area contributed by atoms with Crippen molar-refractivity contribution in [3.63, 3.8) is 0 Å². The normalized spacial score (nSPS) is 10.9. The maximum Gasteiger partial charge on any atom is 0.321 e. The second-order valence-electron chi connectivity index (χ2n) is 5.83. The molecule has 0 saturated carbocycles. The Hall–Kier alpha value is -2.19. The molecular weight excluding hydrogens is 298 g/mol. The molecule has 1 N–H and O–H groups in total. The summed E-state index contributed by atoms with van der Waals surface area (Å²) in [5, 5.41) is 13.4. The Morgan fingerprint density at radius 1 is 1.00 bits per heavy atom. The number of hydrogen-bond acceptors (Lipinski definition) is 5. The van der Waals surface area contributed by atoms with E-state index in [4.69, 9.17) is 0 Å². The van der Waals surface area contributed by atoms with Crippen LogP contribution in [0.2, 0.25) is 0 Å². The van der Waals surface area contributed by atoms with E-state index in [0.29, 0.717) is 18.8 Å². The SMILES string of the molecule is CN(C)CCN(CCN(C)C)C(=O)Nc1ccc([N+](=O)[O-])cc1. The van der Waals surface area contributed by atoms with E-state index in [0.717, 1.165) is 13.1 Å². The molecule has 1 aromatic rings. The van der Waals surface area contributed by atoms with Crippen LogP contribution in [-0.4, -0.2) is 80.0 Å². The lowest BCUT2D eigenvalue weighted by Crippen LogP contribution is -2.42. The number of rotatable bonds is 8. The lowest BCUT2D eigenvalue weighted by molar-refractivity contribution is -0.384. The van der Waals surface area contributed by atoms with Crippen LogP contribution in [0.4, 0.5) is 16.2 Å². The molecule has 8 heteroatoms. The Morgan fingerprint density at radius 3 is 1.87 bits per heavy atom. The first-order valence-corrected chi connectivity index (χ1v) is 7.39. The van der Waals surface area contributed by atoms with Gasteiger partial charge >= 0.3 is 6.03 Å². The number of likely N-dealkylation sites (N-methyl/N-ethyl adjacent to an activating group) is 2. The average molecular weight is 323 g/mol. The molecule has 0 aliphatic rings. The van der Waals surface area contributed by atoms with E-state index >= 15 is 0 Å². The highest BCUT2D eigenvalue weighted by Gasteiger charge is 2.14. The first-order chi connectivity index (χ1) is 10.8. The number of carbonyl (C=O) groups excluding carboxylic acids is 1. The largest absolute Gasteiger partial charge is 0.322 e. The number of nitro groups is 1. The molecule has 0 radical (unpaired) electrons. The summed E-state index contributed by atoms with van der Waals surface area (Å²) in [6.45, 7) is 2.75. The molecule has 0 saturated heterocycles. The minimum Gasteiger partial charge on any atom is -0.322 e. The zero-order valence-electron chi connectivity index (χ0n) is 14.2. The molecule has 0 unspecified atom stereocenters. The molecule has 0 atom stereocenters. The van der Waals surface area contributed by atoms with Gasteiger partial charge in [0, 0.05) is 44.0 Å². The number of hydrogen-bond donors (Lipinski definition) is 1. The Labute approximate surface area is 136 Å². The van der Waals surface area contributed by atoms with Crippen LogP contribution < -0.4 is 5.32 Å². The Morgan fingerprint density at radius 2 is 1.48 bits per heavy atom. The molecule has 0 aliphatic carbocycles. The highest BCUT2D eigenvalue weighted by Crippen LogP contribution is 2.15. The standard InChI is InChI=1S/C15H25N5O3/c1-17(2)9-11-19(12-10-18(3)4)15(21)16-13-5-7-14(8-6-13)20(22)23/h5-8H,9-12H2,1-4H3,(H,16,21). The fourth-order valence-electron chi connectivity index (χ4n) is 1.83. The van der Waals surface area contributed by atoms with Crippen molar-refractivity contribution in [3.8, 4) is 0 Å². The molecule has 8 nitrogen and oxygen atoms in total. The van der Waals surface area contributed by atoms with E-state index < -0.39 is 4.92 Å². The maximum atomic E-state index is 12.4. The van der Waals surface area contributed by atoms with Gasteiger partial charge in [0.1, 0.15) is 0 Å². The van der Waals surface area contributed by atoms with Crippen LogP contribution in [0.1, 0.15) is 0 Å². The first kappa shape index (κ1) is 18.9. The Bertz CT molecular complexity index is 504. The number of nitrogens with one attached hydrogen (secondary N) is 1. The van der Waals surface area contributed by atoms with Crippen LogP contribution in [0, 0.1) is 10.1 Å². The van der Waals surface area contributed by atoms with Crippen LogP contribution in [0.5, 0.6) is 0 Å². The predicted octanol–water partition coefficient (Wildman–Crippen LogP) is 1.55. The summed E-state index contributed by atoms with van der Waals surface area (Å²) in [4.78, 5) is 28.3. The summed E-state index contributed by atoms with van der Waals surface area (Å²) >= 11 is 0. The number of amides is 2. The van der Waals surface area contributed by atoms with E-state index in [1.54, 1.807) is 4.90 Å². The predicted molar refractivity (Wildman–Crippen MR) is 90.8 cm³/mol. The summed E-state index contributed by atoms with van der Waals surface area (Å²) in [5.74, 6) is 0. The number of nitro benzene ring substituents is 1. The number of urea groups is 1. The average Bonchev–Trinajstić information content (AvgIpc) is 2.47. The third-order valence-electron chi connectivity index (χ3n) is 3.25. The van der Waals surface area contributed by atoms with E-state index in [2.05, 4.69) is 5.32 Å². The van der Waals surface area contributed by atoms with E-state index in [1.165, 1.54) is 24.3 Å². The molecule has 0 fully saturated rings. The van der Waals surface area contributed by atoms with Crippen molar-refractivity contribution in [2.75, 3.05) is 59.7 Å². The number of benzene rings is 1. The number of nitrogens with zero attached hydrogens (tertiary/aromatic N) is 4. The van der Waals surface area contributed by atoms with Crippen molar-refractivity contribution in [3.05, 3.63) is 34.4 Å². The van der Waals surface area contributed by atoms with Gasteiger partial charge < -0.3 is 20.0 Å². The van der Waals surface area contributed by atoms with Crippen molar-refractivity contribution in [2.45, 2.75) is 0 Å². The third kappa shape index (κ3) is 7.07. The van der Waals surface area contributed by atoms with Gasteiger partial charge in [0.15, 0.2) is 0 Å². The minimum atomic E-state index is -0.466. The summed E-state index contributed by atoms with van der Waals surface area (Å²) in [6, 6.07) is 5.61. The number of carbonyl (C=O) groups is 1. The topological polar surface area (TPSA) is 82.0 Å². The van der Waals surface area contributed by atoms with E-state index in [1.807, 2.05) is 38.0 Å². The quantitative estimate of drug-likeness (QED) is 0.580. The molecule has 0 aliphatic heterocycles. The van der Waals surface area contributed by atoms with Crippen molar-refractivity contribution in [1.29, 1.82) is 0 Å².